The Bertz CT molecular complexity index is 1270. The molecule has 1 fully saturated rings. The number of hydrogen-bond donors (Lipinski definition) is 2. The number of alkyl halides is 3. The van der Waals surface area contributed by atoms with Gasteiger partial charge in [0, 0.05) is 18.0 Å². The number of H-pyrrole nitrogens is 1. The summed E-state index contributed by atoms with van der Waals surface area (Å²) >= 11 is 0. The predicted octanol–water partition coefficient (Wildman–Crippen LogP) is 5.67. The quantitative estimate of drug-likeness (QED) is 0.390. The van der Waals surface area contributed by atoms with Gasteiger partial charge >= 0.3 is 6.18 Å². The molecule has 164 valence electrons. The average molecular weight is 438 g/mol. The number of aromatic amines is 1. The fourth-order valence-electron chi connectivity index (χ4n) is 3.62. The van der Waals surface area contributed by atoms with E-state index in [2.05, 4.69) is 31.9 Å². The molecule has 1 aromatic carbocycles. The molecule has 1 aliphatic rings. The molecule has 5 rings (SSSR count). The molecule has 2 N–H and O–H groups in total. The molecule has 3 heterocycles. The van der Waals surface area contributed by atoms with Gasteiger partial charge in [-0.3, -0.25) is 0 Å². The van der Waals surface area contributed by atoms with Crippen molar-refractivity contribution in [3.8, 4) is 22.5 Å². The highest BCUT2D eigenvalue weighted by Gasteiger charge is 2.27. The van der Waals surface area contributed by atoms with E-state index < -0.39 is 12.6 Å². The third-order valence-corrected chi connectivity index (χ3v) is 5.47. The molecule has 0 atom stereocenters. The van der Waals surface area contributed by atoms with Crippen molar-refractivity contribution in [1.82, 2.24) is 24.6 Å². The molecule has 0 spiro atoms. The van der Waals surface area contributed by atoms with Gasteiger partial charge in [0.15, 0.2) is 5.65 Å². The second-order valence-corrected chi connectivity index (χ2v) is 7.89. The Morgan fingerprint density at radius 2 is 1.88 bits per heavy atom. The van der Waals surface area contributed by atoms with E-state index in [1.165, 1.54) is 12.8 Å². The topological polar surface area (TPSA) is 70.9 Å². The summed E-state index contributed by atoms with van der Waals surface area (Å²) in [5.74, 6) is 1.60. The number of imidazole rings is 2. The van der Waals surface area contributed by atoms with Crippen LogP contribution in [0, 0.1) is 0 Å². The third kappa shape index (κ3) is 4.10. The first kappa shape index (κ1) is 20.3. The first-order valence-electron chi connectivity index (χ1n) is 10.4. The Morgan fingerprint density at radius 1 is 1.12 bits per heavy atom. The predicted molar refractivity (Wildman–Crippen MR) is 117 cm³/mol. The van der Waals surface area contributed by atoms with Crippen molar-refractivity contribution < 1.29 is 13.2 Å². The lowest BCUT2D eigenvalue weighted by atomic mass is 10.1. The number of nitrogens with zero attached hydrogens (tertiary/aromatic N) is 4. The number of rotatable bonds is 7. The molecule has 6 nitrogen and oxygen atoms in total. The number of aromatic nitrogens is 5. The first-order chi connectivity index (χ1) is 15.4. The molecular weight excluding hydrogens is 417 g/mol. The van der Waals surface area contributed by atoms with Crippen molar-refractivity contribution in [2.75, 3.05) is 11.9 Å². The standard InChI is InChI=1S/C23H21F3N6/c1-2-17-11-18(27-10-9-23(24,25)26)22-29-13-20(32(22)31-17)15-5-3-14(4-6-15)19-12-28-21(30-19)16-7-8-16/h2-6,11-13,16,27H,1,7-10H2,(H,28,30). The minimum Gasteiger partial charge on any atom is -0.382 e. The van der Waals surface area contributed by atoms with Crippen LogP contribution in [0.25, 0.3) is 34.2 Å². The number of fused-ring (bicyclic) bond motifs is 1. The largest absolute Gasteiger partial charge is 0.390 e. The van der Waals surface area contributed by atoms with E-state index in [1.807, 2.05) is 30.5 Å². The van der Waals surface area contributed by atoms with Crippen molar-refractivity contribution >= 4 is 17.4 Å². The number of anilines is 1. The van der Waals surface area contributed by atoms with Gasteiger partial charge in [0.05, 0.1) is 41.6 Å². The van der Waals surface area contributed by atoms with Crippen molar-refractivity contribution in [3.63, 3.8) is 0 Å². The number of hydrogen-bond acceptors (Lipinski definition) is 4. The summed E-state index contributed by atoms with van der Waals surface area (Å²) in [6.07, 6.45) is 2.29. The Balaban J connectivity index is 1.44. The van der Waals surface area contributed by atoms with Crippen LogP contribution in [0.15, 0.2) is 49.3 Å². The van der Waals surface area contributed by atoms with Crippen LogP contribution in [0.2, 0.25) is 0 Å². The molecule has 0 saturated heterocycles. The van der Waals surface area contributed by atoms with Gasteiger partial charge in [0.25, 0.3) is 0 Å². The molecule has 0 unspecified atom stereocenters. The molecular formula is C23H21F3N6. The monoisotopic (exact) mass is 438 g/mol. The lowest BCUT2D eigenvalue weighted by Crippen LogP contribution is -2.15. The van der Waals surface area contributed by atoms with Crippen LogP contribution < -0.4 is 5.32 Å². The summed E-state index contributed by atoms with van der Waals surface area (Å²) in [6.45, 7) is 3.49. The maximum absolute atomic E-state index is 12.5. The maximum atomic E-state index is 12.5. The van der Waals surface area contributed by atoms with E-state index in [4.69, 9.17) is 0 Å². The zero-order valence-electron chi connectivity index (χ0n) is 17.2. The van der Waals surface area contributed by atoms with Crippen molar-refractivity contribution in [2.45, 2.75) is 31.4 Å². The molecule has 4 aromatic rings. The van der Waals surface area contributed by atoms with Crippen LogP contribution in [-0.2, 0) is 0 Å². The Hall–Kier alpha value is -3.62. The van der Waals surface area contributed by atoms with Crippen molar-refractivity contribution in [1.29, 1.82) is 0 Å². The first-order valence-corrected chi connectivity index (χ1v) is 10.4. The highest BCUT2D eigenvalue weighted by Crippen LogP contribution is 2.39. The van der Waals surface area contributed by atoms with E-state index in [1.54, 1.807) is 22.9 Å². The van der Waals surface area contributed by atoms with Gasteiger partial charge in [0.2, 0.25) is 0 Å². The number of nitrogens with one attached hydrogen (secondary N) is 2. The normalized spacial score (nSPS) is 14.1. The Labute approximate surface area is 182 Å². The summed E-state index contributed by atoms with van der Waals surface area (Å²) in [5, 5.41) is 7.34. The molecule has 1 aliphatic carbocycles. The number of benzene rings is 1. The fourth-order valence-corrected chi connectivity index (χ4v) is 3.62. The highest BCUT2D eigenvalue weighted by atomic mass is 19.4. The molecule has 0 bridgehead atoms. The molecule has 9 heteroatoms. The minimum atomic E-state index is -4.23. The second kappa shape index (κ2) is 7.81. The minimum absolute atomic E-state index is 0.246. The van der Waals surface area contributed by atoms with Gasteiger partial charge < -0.3 is 10.3 Å². The van der Waals surface area contributed by atoms with Crippen molar-refractivity contribution in [2.24, 2.45) is 0 Å². The summed E-state index contributed by atoms with van der Waals surface area (Å²) in [4.78, 5) is 12.3. The van der Waals surface area contributed by atoms with Gasteiger partial charge in [-0.2, -0.15) is 18.3 Å². The van der Waals surface area contributed by atoms with Crippen LogP contribution in [0.5, 0.6) is 0 Å². The highest BCUT2D eigenvalue weighted by molar-refractivity contribution is 5.75. The van der Waals surface area contributed by atoms with Crippen molar-refractivity contribution in [3.05, 3.63) is 60.8 Å². The van der Waals surface area contributed by atoms with E-state index in [0.29, 0.717) is 22.9 Å². The molecule has 0 amide bonds. The molecule has 0 aliphatic heterocycles. The van der Waals surface area contributed by atoms with Gasteiger partial charge in [-0.05, 0) is 30.5 Å². The molecule has 32 heavy (non-hydrogen) atoms. The zero-order valence-corrected chi connectivity index (χ0v) is 17.2. The lowest BCUT2D eigenvalue weighted by Gasteiger charge is -2.11. The molecule has 1 saturated carbocycles. The number of halogens is 3. The van der Waals surface area contributed by atoms with E-state index >= 15 is 0 Å². The van der Waals surface area contributed by atoms with Crippen LogP contribution in [0.4, 0.5) is 18.9 Å². The second-order valence-electron chi connectivity index (χ2n) is 7.89. The summed E-state index contributed by atoms with van der Waals surface area (Å²) < 4.78 is 39.3. The van der Waals surface area contributed by atoms with Crippen LogP contribution in [0.1, 0.15) is 36.7 Å². The summed E-state index contributed by atoms with van der Waals surface area (Å²) in [7, 11) is 0. The Morgan fingerprint density at radius 3 is 2.56 bits per heavy atom. The van der Waals surface area contributed by atoms with Crippen LogP contribution >= 0.6 is 0 Å². The van der Waals surface area contributed by atoms with Gasteiger partial charge in [0.1, 0.15) is 5.82 Å². The van der Waals surface area contributed by atoms with Crippen LogP contribution in [0.3, 0.4) is 0 Å². The zero-order chi connectivity index (χ0) is 22.3. The van der Waals surface area contributed by atoms with Gasteiger partial charge in [-0.25, -0.2) is 14.5 Å². The smallest absolute Gasteiger partial charge is 0.382 e. The molecule has 3 aromatic heterocycles. The maximum Gasteiger partial charge on any atom is 0.390 e. The van der Waals surface area contributed by atoms with E-state index in [-0.39, 0.29) is 6.54 Å². The SMILES string of the molecule is C=Cc1cc(NCCC(F)(F)F)c2ncc(-c3ccc(-c4cnc(C5CC5)[nH]4)cc3)n2n1. The molecule has 0 radical (unpaired) electrons. The third-order valence-electron chi connectivity index (χ3n) is 5.47. The summed E-state index contributed by atoms with van der Waals surface area (Å²) in [6, 6.07) is 9.58. The Kier molecular flexibility index (Phi) is 4.96. The van der Waals surface area contributed by atoms with E-state index in [9.17, 15) is 13.2 Å². The van der Waals surface area contributed by atoms with E-state index in [0.717, 1.165) is 28.3 Å². The van der Waals surface area contributed by atoms with Gasteiger partial charge in [-0.1, -0.05) is 30.8 Å². The lowest BCUT2D eigenvalue weighted by molar-refractivity contribution is -0.131. The van der Waals surface area contributed by atoms with Gasteiger partial charge in [-0.15, -0.1) is 0 Å². The van der Waals surface area contributed by atoms with Crippen LogP contribution in [-0.4, -0.2) is 37.3 Å². The fraction of sp³-hybridized carbons (Fsp3) is 0.261. The summed E-state index contributed by atoms with van der Waals surface area (Å²) in [5.41, 5.74) is 5.09. The average Bonchev–Trinajstić information content (AvgIpc) is 3.34.